The van der Waals surface area contributed by atoms with E-state index in [0.29, 0.717) is 18.8 Å². The van der Waals surface area contributed by atoms with Gasteiger partial charge in [-0.15, -0.1) is 0 Å². The molecule has 2 rings (SSSR count). The summed E-state index contributed by atoms with van der Waals surface area (Å²) < 4.78 is 5.12. The number of amides is 1. The Hall–Kier alpha value is -1.55. The Morgan fingerprint density at radius 2 is 2.16 bits per heavy atom. The van der Waals surface area contributed by atoms with Gasteiger partial charge >= 0.3 is 6.09 Å². The number of aliphatic hydroxyl groups is 1. The highest BCUT2D eigenvalue weighted by Crippen LogP contribution is 2.43. The summed E-state index contributed by atoms with van der Waals surface area (Å²) in [6.45, 7) is 4.25. The van der Waals surface area contributed by atoms with E-state index >= 15 is 0 Å². The van der Waals surface area contributed by atoms with Crippen LogP contribution in [0.3, 0.4) is 0 Å². The predicted octanol–water partition coefficient (Wildman–Crippen LogP) is 2.52. The average Bonchev–Trinajstić information content (AvgIpc) is 2.36. The van der Waals surface area contributed by atoms with Gasteiger partial charge in [-0.2, -0.15) is 0 Å². The smallest absolute Gasteiger partial charge is 0.407 e. The van der Waals surface area contributed by atoms with Crippen LogP contribution in [-0.2, 0) is 10.3 Å². The van der Waals surface area contributed by atoms with Gasteiger partial charge in [0.25, 0.3) is 0 Å². The SMILES string of the molecule is CNC(=O)OC1CC(O)(c2cccc(C(C)C)c2)C1. The molecule has 19 heavy (non-hydrogen) atoms. The molecule has 0 bridgehead atoms. The fourth-order valence-corrected chi connectivity index (χ4v) is 2.41. The van der Waals surface area contributed by atoms with Crippen molar-refractivity contribution in [1.82, 2.24) is 5.32 Å². The third-order valence-corrected chi connectivity index (χ3v) is 3.70. The molecule has 4 nitrogen and oxygen atoms in total. The molecule has 1 aliphatic rings. The van der Waals surface area contributed by atoms with Crippen LogP contribution in [0, 0.1) is 0 Å². The second-order valence-electron chi connectivity index (χ2n) is 5.50. The Labute approximate surface area is 113 Å². The van der Waals surface area contributed by atoms with Crippen molar-refractivity contribution in [2.75, 3.05) is 7.05 Å². The van der Waals surface area contributed by atoms with Crippen LogP contribution < -0.4 is 5.32 Å². The summed E-state index contributed by atoms with van der Waals surface area (Å²) in [5.41, 5.74) is 1.26. The molecule has 1 saturated carbocycles. The first-order chi connectivity index (χ1) is 8.94. The van der Waals surface area contributed by atoms with Crippen molar-refractivity contribution in [1.29, 1.82) is 0 Å². The van der Waals surface area contributed by atoms with E-state index < -0.39 is 11.7 Å². The number of carbonyl (C=O) groups excluding carboxylic acids is 1. The molecule has 2 N–H and O–H groups in total. The lowest BCUT2D eigenvalue weighted by Gasteiger charge is -2.43. The lowest BCUT2D eigenvalue weighted by atomic mass is 9.72. The summed E-state index contributed by atoms with van der Waals surface area (Å²) in [4.78, 5) is 11.1. The molecule has 0 atom stereocenters. The Kier molecular flexibility index (Phi) is 3.80. The summed E-state index contributed by atoms with van der Waals surface area (Å²) in [6.07, 6.45) is 0.278. The minimum absolute atomic E-state index is 0.201. The second kappa shape index (κ2) is 5.21. The standard InChI is InChI=1S/C15H21NO3/c1-10(2)11-5-4-6-12(7-11)15(18)8-13(9-15)19-14(17)16-3/h4-7,10,13,18H,8-9H2,1-3H3,(H,16,17). The minimum Gasteiger partial charge on any atom is -0.446 e. The van der Waals surface area contributed by atoms with Crippen LogP contribution in [0.5, 0.6) is 0 Å². The number of carbonyl (C=O) groups is 1. The van der Waals surface area contributed by atoms with E-state index in [1.807, 2.05) is 18.2 Å². The molecule has 0 saturated heterocycles. The van der Waals surface area contributed by atoms with Gasteiger partial charge in [-0.25, -0.2) is 4.79 Å². The van der Waals surface area contributed by atoms with Crippen LogP contribution in [0.4, 0.5) is 4.79 Å². The third-order valence-electron chi connectivity index (χ3n) is 3.70. The first kappa shape index (κ1) is 13.9. The van der Waals surface area contributed by atoms with E-state index in [9.17, 15) is 9.90 Å². The first-order valence-corrected chi connectivity index (χ1v) is 6.66. The maximum absolute atomic E-state index is 11.1. The molecule has 0 aromatic heterocycles. The number of nitrogens with one attached hydrogen (secondary N) is 1. The van der Waals surface area contributed by atoms with Crippen LogP contribution in [-0.4, -0.2) is 24.4 Å². The molecule has 0 unspecified atom stereocenters. The highest BCUT2D eigenvalue weighted by atomic mass is 16.6. The van der Waals surface area contributed by atoms with Gasteiger partial charge in [0.2, 0.25) is 0 Å². The fourth-order valence-electron chi connectivity index (χ4n) is 2.41. The van der Waals surface area contributed by atoms with Gasteiger partial charge in [0.1, 0.15) is 6.10 Å². The molecular formula is C15H21NO3. The lowest BCUT2D eigenvalue weighted by molar-refractivity contribution is -0.121. The molecule has 1 amide bonds. The topological polar surface area (TPSA) is 58.6 Å². The molecule has 1 aromatic carbocycles. The first-order valence-electron chi connectivity index (χ1n) is 6.66. The largest absolute Gasteiger partial charge is 0.446 e. The van der Waals surface area contributed by atoms with E-state index in [-0.39, 0.29) is 6.10 Å². The third kappa shape index (κ3) is 2.89. The molecule has 1 fully saturated rings. The van der Waals surface area contributed by atoms with Gasteiger partial charge in [-0.05, 0) is 17.0 Å². The molecule has 0 spiro atoms. The summed E-state index contributed by atoms with van der Waals surface area (Å²) in [5.74, 6) is 0.432. The zero-order valence-corrected chi connectivity index (χ0v) is 11.6. The Balaban J connectivity index is 2.03. The molecule has 0 heterocycles. The molecule has 104 valence electrons. The van der Waals surface area contributed by atoms with Crippen molar-refractivity contribution >= 4 is 6.09 Å². The summed E-state index contributed by atoms with van der Waals surface area (Å²) in [6, 6.07) is 8.01. The molecule has 4 heteroatoms. The minimum atomic E-state index is -0.858. The normalized spacial score (nSPS) is 25.8. The van der Waals surface area contributed by atoms with Crippen molar-refractivity contribution in [3.05, 3.63) is 35.4 Å². The summed E-state index contributed by atoms with van der Waals surface area (Å²) in [7, 11) is 1.53. The highest BCUT2D eigenvalue weighted by molar-refractivity contribution is 5.67. The van der Waals surface area contributed by atoms with Gasteiger partial charge in [0.05, 0.1) is 5.60 Å². The van der Waals surface area contributed by atoms with Crippen molar-refractivity contribution in [2.24, 2.45) is 0 Å². The van der Waals surface area contributed by atoms with Crippen molar-refractivity contribution in [2.45, 2.75) is 44.3 Å². The van der Waals surface area contributed by atoms with Crippen LogP contribution in [0.1, 0.15) is 43.7 Å². The van der Waals surface area contributed by atoms with Crippen LogP contribution in [0.15, 0.2) is 24.3 Å². The number of hydrogen-bond donors (Lipinski definition) is 2. The summed E-state index contributed by atoms with van der Waals surface area (Å²) in [5, 5.41) is 12.9. The van der Waals surface area contributed by atoms with E-state index in [2.05, 4.69) is 25.2 Å². The number of ether oxygens (including phenoxy) is 1. The average molecular weight is 263 g/mol. The fraction of sp³-hybridized carbons (Fsp3) is 0.533. The summed E-state index contributed by atoms with van der Waals surface area (Å²) >= 11 is 0. The number of rotatable bonds is 3. The predicted molar refractivity (Wildman–Crippen MR) is 73.0 cm³/mol. The maximum atomic E-state index is 11.1. The number of alkyl carbamates (subject to hydrolysis) is 1. The van der Waals surface area contributed by atoms with Crippen molar-refractivity contribution < 1.29 is 14.6 Å². The Morgan fingerprint density at radius 1 is 1.47 bits per heavy atom. The number of hydrogen-bond acceptors (Lipinski definition) is 3. The quantitative estimate of drug-likeness (QED) is 0.881. The number of benzene rings is 1. The van der Waals surface area contributed by atoms with Gasteiger partial charge < -0.3 is 15.2 Å². The zero-order chi connectivity index (χ0) is 14.0. The second-order valence-corrected chi connectivity index (χ2v) is 5.50. The zero-order valence-electron chi connectivity index (χ0n) is 11.6. The van der Waals surface area contributed by atoms with Gasteiger partial charge in [-0.3, -0.25) is 0 Å². The van der Waals surface area contributed by atoms with Gasteiger partial charge in [-0.1, -0.05) is 38.1 Å². The maximum Gasteiger partial charge on any atom is 0.407 e. The van der Waals surface area contributed by atoms with E-state index in [4.69, 9.17) is 4.74 Å². The van der Waals surface area contributed by atoms with Crippen LogP contribution in [0.2, 0.25) is 0 Å². The molecule has 1 aromatic rings. The van der Waals surface area contributed by atoms with Gasteiger partial charge in [0.15, 0.2) is 0 Å². The molecule has 0 radical (unpaired) electrons. The molecule has 1 aliphatic carbocycles. The Morgan fingerprint density at radius 3 is 2.74 bits per heavy atom. The molecule has 0 aliphatic heterocycles. The van der Waals surface area contributed by atoms with E-state index in [1.54, 1.807) is 0 Å². The Bertz CT molecular complexity index is 464. The van der Waals surface area contributed by atoms with Crippen LogP contribution >= 0.6 is 0 Å². The lowest BCUT2D eigenvalue weighted by Crippen LogP contribution is -2.47. The monoisotopic (exact) mass is 263 g/mol. The van der Waals surface area contributed by atoms with Gasteiger partial charge in [0, 0.05) is 19.9 Å². The van der Waals surface area contributed by atoms with Crippen molar-refractivity contribution in [3.63, 3.8) is 0 Å². The van der Waals surface area contributed by atoms with Crippen LogP contribution in [0.25, 0.3) is 0 Å². The van der Waals surface area contributed by atoms with Crippen molar-refractivity contribution in [3.8, 4) is 0 Å². The highest BCUT2D eigenvalue weighted by Gasteiger charge is 2.46. The molecular weight excluding hydrogens is 242 g/mol. The van der Waals surface area contributed by atoms with E-state index in [1.165, 1.54) is 12.6 Å². The van der Waals surface area contributed by atoms with E-state index in [0.717, 1.165) is 5.56 Å².